The highest BCUT2D eigenvalue weighted by Gasteiger charge is 2.13. The van der Waals surface area contributed by atoms with Crippen molar-refractivity contribution in [2.75, 3.05) is 7.11 Å². The Balaban J connectivity index is 2.03. The highest BCUT2D eigenvalue weighted by Crippen LogP contribution is 2.25. The summed E-state index contributed by atoms with van der Waals surface area (Å²) in [5.74, 6) is 2.74. The summed E-state index contributed by atoms with van der Waals surface area (Å²) >= 11 is 0. The van der Waals surface area contributed by atoms with E-state index in [-0.39, 0.29) is 11.8 Å². The molecule has 1 heterocycles. The van der Waals surface area contributed by atoms with Gasteiger partial charge in [0.1, 0.15) is 23.0 Å². The fourth-order valence-electron chi connectivity index (χ4n) is 2.27. The number of furan rings is 1. The van der Waals surface area contributed by atoms with E-state index in [1.165, 1.54) is 0 Å². The molecule has 0 fully saturated rings. The zero-order valence-electron chi connectivity index (χ0n) is 12.4. The standard InChI is InChI=1S/C16H21NO3/c1-10-7-15(12(3)20-10)11(2)17-9-13-5-6-14(19-4)8-16(13)18/h5-8,11,17-18H,9H2,1-4H3. The second-order valence-electron chi connectivity index (χ2n) is 4.97. The summed E-state index contributed by atoms with van der Waals surface area (Å²) in [6.07, 6.45) is 0. The number of nitrogens with one attached hydrogen (secondary N) is 1. The van der Waals surface area contributed by atoms with Crippen LogP contribution in [0.4, 0.5) is 0 Å². The molecular weight excluding hydrogens is 254 g/mol. The molecule has 2 aromatic rings. The van der Waals surface area contributed by atoms with Gasteiger partial charge in [-0.05, 0) is 32.9 Å². The minimum absolute atomic E-state index is 0.161. The quantitative estimate of drug-likeness (QED) is 0.877. The molecule has 0 aliphatic rings. The molecule has 4 nitrogen and oxygen atoms in total. The van der Waals surface area contributed by atoms with Crippen LogP contribution in [0.3, 0.4) is 0 Å². The maximum atomic E-state index is 9.93. The molecule has 0 saturated carbocycles. The Labute approximate surface area is 119 Å². The SMILES string of the molecule is COc1ccc(CNC(C)c2cc(C)oc2C)c(O)c1. The first-order valence-corrected chi connectivity index (χ1v) is 6.67. The van der Waals surface area contributed by atoms with Gasteiger partial charge in [0.15, 0.2) is 0 Å². The normalized spacial score (nSPS) is 12.4. The van der Waals surface area contributed by atoms with E-state index in [0.29, 0.717) is 12.3 Å². The molecule has 0 radical (unpaired) electrons. The summed E-state index contributed by atoms with van der Waals surface area (Å²) in [5, 5.41) is 13.3. The van der Waals surface area contributed by atoms with Gasteiger partial charge in [-0.15, -0.1) is 0 Å². The molecule has 1 atom stereocenters. The van der Waals surface area contributed by atoms with Gasteiger partial charge < -0.3 is 19.6 Å². The van der Waals surface area contributed by atoms with Crippen LogP contribution in [-0.4, -0.2) is 12.2 Å². The molecule has 2 N–H and O–H groups in total. The van der Waals surface area contributed by atoms with Crippen LogP contribution in [0.2, 0.25) is 0 Å². The zero-order chi connectivity index (χ0) is 14.7. The molecule has 20 heavy (non-hydrogen) atoms. The largest absolute Gasteiger partial charge is 0.507 e. The maximum Gasteiger partial charge on any atom is 0.123 e. The first-order valence-electron chi connectivity index (χ1n) is 6.67. The lowest BCUT2D eigenvalue weighted by Gasteiger charge is -2.14. The molecule has 4 heteroatoms. The number of ether oxygens (including phenoxy) is 1. The molecule has 0 aliphatic carbocycles. The zero-order valence-corrected chi connectivity index (χ0v) is 12.4. The Kier molecular flexibility index (Phi) is 4.35. The van der Waals surface area contributed by atoms with E-state index in [2.05, 4.69) is 12.2 Å². The summed E-state index contributed by atoms with van der Waals surface area (Å²) in [6.45, 7) is 6.57. The molecule has 0 saturated heterocycles. The average molecular weight is 275 g/mol. The van der Waals surface area contributed by atoms with Gasteiger partial charge in [0, 0.05) is 29.8 Å². The Bertz CT molecular complexity index is 589. The number of aromatic hydroxyl groups is 1. The van der Waals surface area contributed by atoms with Crippen LogP contribution in [0.25, 0.3) is 0 Å². The van der Waals surface area contributed by atoms with Crippen molar-refractivity contribution in [3.05, 3.63) is 46.9 Å². The molecule has 108 valence electrons. The van der Waals surface area contributed by atoms with Gasteiger partial charge in [0.25, 0.3) is 0 Å². The third-order valence-corrected chi connectivity index (χ3v) is 3.44. The molecule has 0 spiro atoms. The maximum absolute atomic E-state index is 9.93. The monoisotopic (exact) mass is 275 g/mol. The lowest BCUT2D eigenvalue weighted by atomic mass is 10.1. The van der Waals surface area contributed by atoms with Crippen molar-refractivity contribution in [3.63, 3.8) is 0 Å². The Morgan fingerprint density at radius 3 is 2.60 bits per heavy atom. The molecular formula is C16H21NO3. The van der Waals surface area contributed by atoms with Crippen LogP contribution < -0.4 is 10.1 Å². The number of methoxy groups -OCH3 is 1. The van der Waals surface area contributed by atoms with Gasteiger partial charge in [-0.25, -0.2) is 0 Å². The van der Waals surface area contributed by atoms with Crippen LogP contribution in [-0.2, 0) is 6.54 Å². The van der Waals surface area contributed by atoms with E-state index >= 15 is 0 Å². The highest BCUT2D eigenvalue weighted by atomic mass is 16.5. The van der Waals surface area contributed by atoms with Crippen LogP contribution >= 0.6 is 0 Å². The smallest absolute Gasteiger partial charge is 0.123 e. The van der Waals surface area contributed by atoms with E-state index in [1.54, 1.807) is 13.2 Å². The summed E-state index contributed by atoms with van der Waals surface area (Å²) in [5.41, 5.74) is 1.99. The predicted octanol–water partition coefficient (Wildman–Crippen LogP) is 3.46. The van der Waals surface area contributed by atoms with Gasteiger partial charge in [0.05, 0.1) is 7.11 Å². The predicted molar refractivity (Wildman–Crippen MR) is 78.1 cm³/mol. The number of rotatable bonds is 5. The van der Waals surface area contributed by atoms with Gasteiger partial charge >= 0.3 is 0 Å². The van der Waals surface area contributed by atoms with Gasteiger partial charge in [-0.1, -0.05) is 6.07 Å². The van der Waals surface area contributed by atoms with Crippen molar-refractivity contribution in [1.29, 1.82) is 0 Å². The number of benzene rings is 1. The fraction of sp³-hybridized carbons (Fsp3) is 0.375. The molecule has 0 amide bonds. The summed E-state index contributed by atoms with van der Waals surface area (Å²) in [4.78, 5) is 0. The Morgan fingerprint density at radius 1 is 1.30 bits per heavy atom. The first kappa shape index (κ1) is 14.5. The molecule has 2 rings (SSSR count). The first-order chi connectivity index (χ1) is 9.51. The van der Waals surface area contributed by atoms with E-state index in [1.807, 2.05) is 32.0 Å². The van der Waals surface area contributed by atoms with Crippen LogP contribution in [0.1, 0.15) is 35.6 Å². The van der Waals surface area contributed by atoms with Crippen molar-refractivity contribution < 1.29 is 14.3 Å². The summed E-state index contributed by atoms with van der Waals surface area (Å²) in [7, 11) is 1.58. The lowest BCUT2D eigenvalue weighted by Crippen LogP contribution is -2.18. The van der Waals surface area contributed by atoms with Gasteiger partial charge in [-0.2, -0.15) is 0 Å². The lowest BCUT2D eigenvalue weighted by molar-refractivity contribution is 0.405. The minimum Gasteiger partial charge on any atom is -0.507 e. The molecule has 1 aromatic heterocycles. The molecule has 1 aromatic carbocycles. The van der Waals surface area contributed by atoms with Crippen molar-refractivity contribution in [2.45, 2.75) is 33.4 Å². The Hall–Kier alpha value is -1.94. The average Bonchev–Trinajstić information content (AvgIpc) is 2.76. The van der Waals surface area contributed by atoms with E-state index in [9.17, 15) is 5.11 Å². The van der Waals surface area contributed by atoms with Crippen molar-refractivity contribution in [3.8, 4) is 11.5 Å². The van der Waals surface area contributed by atoms with Crippen LogP contribution in [0, 0.1) is 13.8 Å². The van der Waals surface area contributed by atoms with Gasteiger partial charge in [0.2, 0.25) is 0 Å². The van der Waals surface area contributed by atoms with Crippen LogP contribution in [0.5, 0.6) is 11.5 Å². The summed E-state index contributed by atoms with van der Waals surface area (Å²) in [6, 6.07) is 7.53. The number of phenols is 1. The van der Waals surface area contributed by atoms with E-state index in [4.69, 9.17) is 9.15 Å². The number of phenolic OH excluding ortho intramolecular Hbond substituents is 1. The third kappa shape index (κ3) is 3.14. The number of hydrogen-bond acceptors (Lipinski definition) is 4. The second kappa shape index (κ2) is 6.01. The fourth-order valence-corrected chi connectivity index (χ4v) is 2.27. The highest BCUT2D eigenvalue weighted by molar-refractivity contribution is 5.39. The van der Waals surface area contributed by atoms with Gasteiger partial charge in [-0.3, -0.25) is 0 Å². The summed E-state index contributed by atoms with van der Waals surface area (Å²) < 4.78 is 10.6. The topological polar surface area (TPSA) is 54.6 Å². The minimum atomic E-state index is 0.161. The Morgan fingerprint density at radius 2 is 2.05 bits per heavy atom. The van der Waals surface area contributed by atoms with Crippen LogP contribution in [0.15, 0.2) is 28.7 Å². The molecule has 0 bridgehead atoms. The van der Waals surface area contributed by atoms with Crippen molar-refractivity contribution in [2.24, 2.45) is 0 Å². The van der Waals surface area contributed by atoms with Crippen molar-refractivity contribution in [1.82, 2.24) is 5.32 Å². The molecule has 0 aliphatic heterocycles. The molecule has 1 unspecified atom stereocenters. The number of hydrogen-bond donors (Lipinski definition) is 2. The second-order valence-corrected chi connectivity index (χ2v) is 4.97. The van der Waals surface area contributed by atoms with Crippen molar-refractivity contribution >= 4 is 0 Å². The van der Waals surface area contributed by atoms with E-state index < -0.39 is 0 Å². The van der Waals surface area contributed by atoms with E-state index in [0.717, 1.165) is 22.6 Å². The third-order valence-electron chi connectivity index (χ3n) is 3.44. The number of aryl methyl sites for hydroxylation is 2.